The molecular formula is C15H16N2O. The van der Waals surface area contributed by atoms with Crippen molar-refractivity contribution in [3.63, 3.8) is 0 Å². The van der Waals surface area contributed by atoms with Crippen LogP contribution in [0.1, 0.15) is 16.7 Å². The molecule has 3 nitrogen and oxygen atoms in total. The van der Waals surface area contributed by atoms with Crippen LogP contribution >= 0.6 is 0 Å². The van der Waals surface area contributed by atoms with Crippen molar-refractivity contribution in [2.45, 2.75) is 13.8 Å². The van der Waals surface area contributed by atoms with E-state index < -0.39 is 0 Å². The second kappa shape index (κ2) is 6.41. The number of amides is 1. The zero-order valence-electron chi connectivity index (χ0n) is 10.7. The Hall–Kier alpha value is -2.34. The summed E-state index contributed by atoms with van der Waals surface area (Å²) >= 11 is 0. The molecule has 0 radical (unpaired) electrons. The van der Waals surface area contributed by atoms with Gasteiger partial charge in [-0.15, -0.1) is 6.58 Å². The summed E-state index contributed by atoms with van der Waals surface area (Å²) < 4.78 is 0. The summed E-state index contributed by atoms with van der Waals surface area (Å²) in [6, 6.07) is 7.72. The lowest BCUT2D eigenvalue weighted by Gasteiger charge is -2.03. The largest absolute Gasteiger partial charge is 0.348 e. The van der Waals surface area contributed by atoms with E-state index in [0.717, 1.165) is 11.1 Å². The average Bonchev–Trinajstić information content (AvgIpc) is 2.37. The number of carbonyl (C=O) groups is 1. The van der Waals surface area contributed by atoms with Gasteiger partial charge in [-0.25, -0.2) is 0 Å². The molecule has 0 spiro atoms. The average molecular weight is 240 g/mol. The number of aryl methyl sites for hydroxylation is 2. The molecule has 0 atom stereocenters. The van der Waals surface area contributed by atoms with Crippen molar-refractivity contribution in [3.8, 4) is 6.07 Å². The summed E-state index contributed by atoms with van der Waals surface area (Å²) in [7, 11) is 0. The maximum Gasteiger partial charge on any atom is 0.262 e. The minimum absolute atomic E-state index is 0.0973. The lowest BCUT2D eigenvalue weighted by Crippen LogP contribution is -2.24. The fourth-order valence-electron chi connectivity index (χ4n) is 1.43. The highest BCUT2D eigenvalue weighted by molar-refractivity contribution is 6.01. The van der Waals surface area contributed by atoms with Gasteiger partial charge in [0.05, 0.1) is 0 Å². The Bertz CT molecular complexity index is 536. The molecule has 0 aliphatic heterocycles. The van der Waals surface area contributed by atoms with Crippen molar-refractivity contribution in [1.29, 1.82) is 5.26 Å². The van der Waals surface area contributed by atoms with Gasteiger partial charge in [0, 0.05) is 6.54 Å². The lowest BCUT2D eigenvalue weighted by atomic mass is 10.0. The zero-order chi connectivity index (χ0) is 13.5. The van der Waals surface area contributed by atoms with E-state index in [1.54, 1.807) is 12.2 Å². The van der Waals surface area contributed by atoms with Crippen LogP contribution in [-0.4, -0.2) is 12.5 Å². The summed E-state index contributed by atoms with van der Waals surface area (Å²) in [4.78, 5) is 11.6. The van der Waals surface area contributed by atoms with Crippen molar-refractivity contribution in [2.75, 3.05) is 6.54 Å². The second-order valence-electron chi connectivity index (χ2n) is 4.01. The number of carbonyl (C=O) groups excluding carboxylic acids is 1. The molecule has 1 aromatic rings. The molecule has 0 saturated carbocycles. The van der Waals surface area contributed by atoms with Crippen LogP contribution in [0.5, 0.6) is 0 Å². The molecule has 1 rings (SSSR count). The Balaban J connectivity index is 2.97. The van der Waals surface area contributed by atoms with Gasteiger partial charge in [0.2, 0.25) is 0 Å². The highest BCUT2D eigenvalue weighted by Crippen LogP contribution is 2.13. The third-order valence-corrected chi connectivity index (χ3v) is 2.61. The normalized spacial score (nSPS) is 10.6. The van der Waals surface area contributed by atoms with Gasteiger partial charge < -0.3 is 5.32 Å². The molecule has 0 aliphatic rings. The highest BCUT2D eigenvalue weighted by atomic mass is 16.1. The van der Waals surface area contributed by atoms with Crippen LogP contribution in [0.15, 0.2) is 36.4 Å². The van der Waals surface area contributed by atoms with Crippen LogP contribution < -0.4 is 5.32 Å². The van der Waals surface area contributed by atoms with Crippen molar-refractivity contribution < 1.29 is 4.79 Å². The fraction of sp³-hybridized carbons (Fsp3) is 0.200. The number of nitrogens with one attached hydrogen (secondary N) is 1. The van der Waals surface area contributed by atoms with Gasteiger partial charge in [0.1, 0.15) is 11.6 Å². The molecule has 0 bridgehead atoms. The molecule has 1 N–H and O–H groups in total. The standard InChI is InChI=1S/C15H16N2O/c1-4-7-17-15(18)14(10-16)9-13-6-5-11(2)12(3)8-13/h4-6,8-9H,1,7H2,2-3H3,(H,17,18)/b14-9-. The summed E-state index contributed by atoms with van der Waals surface area (Å²) in [6.07, 6.45) is 3.16. The van der Waals surface area contributed by atoms with Crippen LogP contribution in [0, 0.1) is 25.2 Å². The van der Waals surface area contributed by atoms with E-state index in [4.69, 9.17) is 5.26 Å². The Labute approximate surface area is 107 Å². The molecule has 0 aliphatic carbocycles. The van der Waals surface area contributed by atoms with Gasteiger partial charge in [-0.2, -0.15) is 5.26 Å². The molecule has 0 saturated heterocycles. The highest BCUT2D eigenvalue weighted by Gasteiger charge is 2.07. The van der Waals surface area contributed by atoms with Crippen LogP contribution in [0.4, 0.5) is 0 Å². The topological polar surface area (TPSA) is 52.9 Å². The SMILES string of the molecule is C=CCNC(=O)/C(C#N)=C\c1ccc(C)c(C)c1. The molecule has 18 heavy (non-hydrogen) atoms. The second-order valence-corrected chi connectivity index (χ2v) is 4.01. The molecule has 0 heterocycles. The molecule has 0 aromatic heterocycles. The van der Waals surface area contributed by atoms with Crippen LogP contribution in [0.25, 0.3) is 6.08 Å². The summed E-state index contributed by atoms with van der Waals surface area (Å²) in [5.41, 5.74) is 3.26. The number of hydrogen-bond acceptors (Lipinski definition) is 2. The van der Waals surface area contributed by atoms with Crippen molar-refractivity contribution >= 4 is 12.0 Å². The molecule has 1 aromatic carbocycles. The Morgan fingerprint density at radius 3 is 2.72 bits per heavy atom. The van der Waals surface area contributed by atoms with Gasteiger partial charge in [-0.3, -0.25) is 4.79 Å². The van der Waals surface area contributed by atoms with E-state index in [9.17, 15) is 4.79 Å². The van der Waals surface area contributed by atoms with Gasteiger partial charge in [-0.1, -0.05) is 24.3 Å². The summed E-state index contributed by atoms with van der Waals surface area (Å²) in [5.74, 6) is -0.379. The fourth-order valence-corrected chi connectivity index (χ4v) is 1.43. The molecule has 0 fully saturated rings. The minimum Gasteiger partial charge on any atom is -0.348 e. The summed E-state index contributed by atoms with van der Waals surface area (Å²) in [6.45, 7) is 7.87. The van der Waals surface area contributed by atoms with E-state index in [-0.39, 0.29) is 11.5 Å². The summed E-state index contributed by atoms with van der Waals surface area (Å²) in [5, 5.41) is 11.6. The van der Waals surface area contributed by atoms with Crippen LogP contribution in [0.3, 0.4) is 0 Å². The first kappa shape index (κ1) is 13.7. The predicted molar refractivity (Wildman–Crippen MR) is 72.7 cm³/mol. The maximum absolute atomic E-state index is 11.6. The maximum atomic E-state index is 11.6. The molecule has 3 heteroatoms. The van der Waals surface area contributed by atoms with Gasteiger partial charge >= 0.3 is 0 Å². The first-order valence-electron chi connectivity index (χ1n) is 5.66. The smallest absolute Gasteiger partial charge is 0.262 e. The first-order valence-corrected chi connectivity index (χ1v) is 5.66. The Kier molecular flexibility index (Phi) is 4.89. The van der Waals surface area contributed by atoms with E-state index in [1.165, 1.54) is 5.56 Å². The predicted octanol–water partition coefficient (Wildman–Crippen LogP) is 2.51. The van der Waals surface area contributed by atoms with Crippen molar-refractivity contribution in [2.24, 2.45) is 0 Å². The van der Waals surface area contributed by atoms with E-state index in [2.05, 4.69) is 11.9 Å². The minimum atomic E-state index is -0.379. The van der Waals surface area contributed by atoms with Gasteiger partial charge in [0.15, 0.2) is 0 Å². The van der Waals surface area contributed by atoms with Gasteiger partial charge in [0.25, 0.3) is 5.91 Å². The van der Waals surface area contributed by atoms with Crippen molar-refractivity contribution in [3.05, 3.63) is 53.1 Å². The van der Waals surface area contributed by atoms with E-state index in [0.29, 0.717) is 6.54 Å². The monoisotopic (exact) mass is 240 g/mol. The third-order valence-electron chi connectivity index (χ3n) is 2.61. The molecule has 0 unspecified atom stereocenters. The Morgan fingerprint density at radius 2 is 2.17 bits per heavy atom. The quantitative estimate of drug-likeness (QED) is 0.499. The Morgan fingerprint density at radius 1 is 1.44 bits per heavy atom. The number of benzene rings is 1. The third kappa shape index (κ3) is 3.60. The lowest BCUT2D eigenvalue weighted by molar-refractivity contribution is -0.116. The first-order chi connectivity index (χ1) is 8.58. The van der Waals surface area contributed by atoms with Crippen LogP contribution in [0.2, 0.25) is 0 Å². The van der Waals surface area contributed by atoms with Gasteiger partial charge in [-0.05, 0) is 36.6 Å². The number of rotatable bonds is 4. The number of nitriles is 1. The van der Waals surface area contributed by atoms with E-state index in [1.807, 2.05) is 38.1 Å². The van der Waals surface area contributed by atoms with E-state index >= 15 is 0 Å². The van der Waals surface area contributed by atoms with Crippen LogP contribution in [-0.2, 0) is 4.79 Å². The molecule has 92 valence electrons. The number of nitrogens with zero attached hydrogens (tertiary/aromatic N) is 1. The zero-order valence-corrected chi connectivity index (χ0v) is 10.7. The number of hydrogen-bond donors (Lipinski definition) is 1. The van der Waals surface area contributed by atoms with Crippen molar-refractivity contribution in [1.82, 2.24) is 5.32 Å². The molecule has 1 amide bonds. The molecular weight excluding hydrogens is 224 g/mol.